The van der Waals surface area contributed by atoms with E-state index in [-0.39, 0.29) is 24.2 Å². The average Bonchev–Trinajstić information content (AvgIpc) is 2.71. The SMILES string of the molecule is CN(Cc1ccccc1F)C(=O)CN1CCN(CC(=O)N2CCOCC2)CC1. The van der Waals surface area contributed by atoms with Crippen molar-refractivity contribution >= 4 is 11.8 Å². The zero-order valence-electron chi connectivity index (χ0n) is 16.5. The molecule has 0 bridgehead atoms. The van der Waals surface area contributed by atoms with Crippen molar-refractivity contribution in [2.45, 2.75) is 6.54 Å². The number of carbonyl (C=O) groups is 2. The molecule has 0 saturated carbocycles. The summed E-state index contributed by atoms with van der Waals surface area (Å²) in [6.07, 6.45) is 0. The molecule has 0 atom stereocenters. The molecule has 154 valence electrons. The Kier molecular flexibility index (Phi) is 7.36. The number of benzene rings is 1. The number of piperazine rings is 1. The number of morpholine rings is 1. The van der Waals surface area contributed by atoms with Crippen molar-refractivity contribution in [1.82, 2.24) is 19.6 Å². The highest BCUT2D eigenvalue weighted by atomic mass is 19.1. The standard InChI is InChI=1S/C20H29FN4O3/c1-22(14-17-4-2-3-5-18(17)21)19(26)15-23-6-8-24(9-7-23)16-20(27)25-10-12-28-13-11-25/h2-5H,6-16H2,1H3. The van der Waals surface area contributed by atoms with Gasteiger partial charge in [-0.15, -0.1) is 0 Å². The predicted molar refractivity (Wildman–Crippen MR) is 103 cm³/mol. The van der Waals surface area contributed by atoms with Gasteiger partial charge in [0.25, 0.3) is 0 Å². The van der Waals surface area contributed by atoms with Gasteiger partial charge in [0.2, 0.25) is 11.8 Å². The molecule has 7 nitrogen and oxygen atoms in total. The molecule has 1 aromatic carbocycles. The molecule has 2 amide bonds. The van der Waals surface area contributed by atoms with E-state index in [0.717, 1.165) is 26.2 Å². The van der Waals surface area contributed by atoms with Crippen LogP contribution in [0.15, 0.2) is 24.3 Å². The van der Waals surface area contributed by atoms with E-state index in [1.165, 1.54) is 6.07 Å². The summed E-state index contributed by atoms with van der Waals surface area (Å²) in [7, 11) is 1.70. The summed E-state index contributed by atoms with van der Waals surface area (Å²) < 4.78 is 19.0. The van der Waals surface area contributed by atoms with Gasteiger partial charge in [0.1, 0.15) is 5.82 Å². The minimum Gasteiger partial charge on any atom is -0.378 e. The molecule has 1 aromatic rings. The van der Waals surface area contributed by atoms with Crippen LogP contribution in [0.4, 0.5) is 4.39 Å². The summed E-state index contributed by atoms with van der Waals surface area (Å²) in [5.74, 6) is -0.167. The Hall–Kier alpha value is -2.03. The highest BCUT2D eigenvalue weighted by molar-refractivity contribution is 5.78. The lowest BCUT2D eigenvalue weighted by Gasteiger charge is -2.36. The number of halogens is 1. The van der Waals surface area contributed by atoms with Crippen molar-refractivity contribution in [2.24, 2.45) is 0 Å². The topological polar surface area (TPSA) is 56.3 Å². The molecule has 0 spiro atoms. The van der Waals surface area contributed by atoms with Crippen molar-refractivity contribution in [2.75, 3.05) is 72.6 Å². The first-order valence-electron chi connectivity index (χ1n) is 9.80. The fourth-order valence-electron chi connectivity index (χ4n) is 3.49. The minimum atomic E-state index is -0.291. The van der Waals surface area contributed by atoms with E-state index in [0.29, 0.717) is 45.0 Å². The fraction of sp³-hybridized carbons (Fsp3) is 0.600. The van der Waals surface area contributed by atoms with Crippen LogP contribution in [0.1, 0.15) is 5.56 Å². The molecule has 0 N–H and O–H groups in total. The van der Waals surface area contributed by atoms with Gasteiger partial charge in [-0.05, 0) is 6.07 Å². The number of rotatable bonds is 6. The third-order valence-corrected chi connectivity index (χ3v) is 5.34. The van der Waals surface area contributed by atoms with E-state index >= 15 is 0 Å². The third-order valence-electron chi connectivity index (χ3n) is 5.34. The minimum absolute atomic E-state index is 0.0268. The lowest BCUT2D eigenvalue weighted by atomic mass is 10.2. The third kappa shape index (κ3) is 5.73. The summed E-state index contributed by atoms with van der Waals surface area (Å²) >= 11 is 0. The van der Waals surface area contributed by atoms with Gasteiger partial charge in [0, 0.05) is 58.4 Å². The second kappa shape index (κ2) is 9.95. The summed E-state index contributed by atoms with van der Waals surface area (Å²) in [6, 6.07) is 6.52. The van der Waals surface area contributed by atoms with Gasteiger partial charge in [0.15, 0.2) is 0 Å². The van der Waals surface area contributed by atoms with Crippen LogP contribution in [0.2, 0.25) is 0 Å². The molecule has 0 radical (unpaired) electrons. The normalized spacial score (nSPS) is 18.9. The fourth-order valence-corrected chi connectivity index (χ4v) is 3.49. The molecule has 2 heterocycles. The first-order valence-corrected chi connectivity index (χ1v) is 9.80. The Labute approximate surface area is 165 Å². The van der Waals surface area contributed by atoms with Gasteiger partial charge in [-0.1, -0.05) is 18.2 Å². The smallest absolute Gasteiger partial charge is 0.236 e. The Bertz CT molecular complexity index is 673. The second-order valence-electron chi connectivity index (χ2n) is 7.39. The number of amides is 2. The molecule has 0 aromatic heterocycles. The van der Waals surface area contributed by atoms with Crippen LogP contribution in [0.25, 0.3) is 0 Å². The summed E-state index contributed by atoms with van der Waals surface area (Å²) in [4.78, 5) is 32.5. The number of ether oxygens (including phenoxy) is 1. The van der Waals surface area contributed by atoms with Gasteiger partial charge < -0.3 is 14.5 Å². The van der Waals surface area contributed by atoms with Crippen LogP contribution in [0, 0.1) is 5.82 Å². The van der Waals surface area contributed by atoms with Gasteiger partial charge in [-0.3, -0.25) is 19.4 Å². The number of hydrogen-bond donors (Lipinski definition) is 0. The van der Waals surface area contributed by atoms with Gasteiger partial charge >= 0.3 is 0 Å². The second-order valence-corrected chi connectivity index (χ2v) is 7.39. The largest absolute Gasteiger partial charge is 0.378 e. The first kappa shape index (κ1) is 20.7. The van der Waals surface area contributed by atoms with E-state index in [2.05, 4.69) is 9.80 Å². The van der Waals surface area contributed by atoms with E-state index in [9.17, 15) is 14.0 Å². The van der Waals surface area contributed by atoms with Crippen LogP contribution in [0.5, 0.6) is 0 Å². The number of hydrogen-bond acceptors (Lipinski definition) is 5. The van der Waals surface area contributed by atoms with Crippen LogP contribution < -0.4 is 0 Å². The number of nitrogens with zero attached hydrogens (tertiary/aromatic N) is 4. The first-order chi connectivity index (χ1) is 13.5. The van der Waals surface area contributed by atoms with Crippen molar-refractivity contribution in [3.8, 4) is 0 Å². The lowest BCUT2D eigenvalue weighted by Crippen LogP contribution is -2.53. The highest BCUT2D eigenvalue weighted by Crippen LogP contribution is 2.10. The Morgan fingerprint density at radius 2 is 1.61 bits per heavy atom. The molecule has 3 rings (SSSR count). The van der Waals surface area contributed by atoms with Crippen LogP contribution in [-0.4, -0.2) is 104 Å². The molecule has 0 unspecified atom stereocenters. The lowest BCUT2D eigenvalue weighted by molar-refractivity contribution is -0.137. The Morgan fingerprint density at radius 1 is 1.00 bits per heavy atom. The van der Waals surface area contributed by atoms with Crippen molar-refractivity contribution in [3.63, 3.8) is 0 Å². The summed E-state index contributed by atoms with van der Waals surface area (Å²) in [6.45, 7) is 6.59. The summed E-state index contributed by atoms with van der Waals surface area (Å²) in [5.41, 5.74) is 0.518. The molecule has 0 aliphatic carbocycles. The van der Waals surface area contributed by atoms with E-state index in [4.69, 9.17) is 4.74 Å². The summed E-state index contributed by atoms with van der Waals surface area (Å²) in [5, 5.41) is 0. The maximum absolute atomic E-state index is 13.8. The molecule has 2 saturated heterocycles. The van der Waals surface area contributed by atoms with Gasteiger partial charge in [0.05, 0.1) is 26.3 Å². The molecule has 2 aliphatic heterocycles. The van der Waals surface area contributed by atoms with Crippen LogP contribution in [-0.2, 0) is 20.9 Å². The zero-order chi connectivity index (χ0) is 19.9. The predicted octanol–water partition coefficient (Wildman–Crippen LogP) is 0.261. The Morgan fingerprint density at radius 3 is 2.25 bits per heavy atom. The quantitative estimate of drug-likeness (QED) is 0.695. The molecular formula is C20H29FN4O3. The van der Waals surface area contributed by atoms with Crippen molar-refractivity contribution < 1.29 is 18.7 Å². The van der Waals surface area contributed by atoms with Gasteiger partial charge in [-0.25, -0.2) is 4.39 Å². The van der Waals surface area contributed by atoms with Crippen molar-refractivity contribution in [3.05, 3.63) is 35.6 Å². The van der Waals surface area contributed by atoms with Crippen LogP contribution in [0.3, 0.4) is 0 Å². The van der Waals surface area contributed by atoms with Gasteiger partial charge in [-0.2, -0.15) is 0 Å². The number of likely N-dealkylation sites (N-methyl/N-ethyl adjacent to an activating group) is 1. The van der Waals surface area contributed by atoms with E-state index in [1.807, 2.05) is 4.90 Å². The molecule has 2 aliphatic rings. The maximum atomic E-state index is 13.8. The van der Waals surface area contributed by atoms with E-state index < -0.39 is 0 Å². The zero-order valence-corrected chi connectivity index (χ0v) is 16.5. The Balaban J connectivity index is 1.39. The molecule has 28 heavy (non-hydrogen) atoms. The monoisotopic (exact) mass is 392 g/mol. The average molecular weight is 392 g/mol. The molecular weight excluding hydrogens is 363 g/mol. The molecule has 8 heteroatoms. The van der Waals surface area contributed by atoms with Crippen LogP contribution >= 0.6 is 0 Å². The molecule has 2 fully saturated rings. The highest BCUT2D eigenvalue weighted by Gasteiger charge is 2.24. The maximum Gasteiger partial charge on any atom is 0.236 e. The van der Waals surface area contributed by atoms with E-state index in [1.54, 1.807) is 30.1 Å². The van der Waals surface area contributed by atoms with Crippen molar-refractivity contribution in [1.29, 1.82) is 0 Å². The number of carbonyl (C=O) groups excluding carboxylic acids is 2.